The van der Waals surface area contributed by atoms with Gasteiger partial charge in [0, 0.05) is 32.2 Å². The molecule has 0 aromatic carbocycles. The largest absolute Gasteiger partial charge is 0.348 e. The first-order valence-electron chi connectivity index (χ1n) is 6.14. The van der Waals surface area contributed by atoms with Gasteiger partial charge < -0.3 is 4.90 Å². The molecular formula is C11H22N4S2. The van der Waals surface area contributed by atoms with E-state index in [4.69, 9.17) is 4.99 Å². The van der Waals surface area contributed by atoms with Crippen LogP contribution in [0.2, 0.25) is 0 Å². The van der Waals surface area contributed by atoms with Gasteiger partial charge in [0.2, 0.25) is 0 Å². The van der Waals surface area contributed by atoms with Crippen molar-refractivity contribution >= 4 is 26.8 Å². The molecule has 6 heteroatoms. The highest BCUT2D eigenvalue weighted by Crippen LogP contribution is 2.38. The molecule has 0 N–H and O–H groups in total. The monoisotopic (exact) mass is 274 g/mol. The van der Waals surface area contributed by atoms with E-state index < -0.39 is 0 Å². The first-order valence-corrected chi connectivity index (χ1v) is 8.36. The summed E-state index contributed by atoms with van der Waals surface area (Å²) in [4.78, 5) is 11.9. The maximum Gasteiger partial charge on any atom is 0.172 e. The van der Waals surface area contributed by atoms with Crippen molar-refractivity contribution in [3.63, 3.8) is 0 Å². The zero-order valence-electron chi connectivity index (χ0n) is 11.1. The Labute approximate surface area is 112 Å². The maximum atomic E-state index is 4.76. The Morgan fingerprint density at radius 2 is 1.88 bits per heavy atom. The summed E-state index contributed by atoms with van der Waals surface area (Å²) < 4.78 is 0. The number of amidine groups is 1. The van der Waals surface area contributed by atoms with Gasteiger partial charge in [-0.3, -0.25) is 9.80 Å². The molecule has 98 valence electrons. The van der Waals surface area contributed by atoms with Crippen LogP contribution in [0.5, 0.6) is 0 Å². The molecule has 0 radical (unpaired) electrons. The normalized spacial score (nSPS) is 27.1. The van der Waals surface area contributed by atoms with Gasteiger partial charge >= 0.3 is 0 Å². The Balaban J connectivity index is 1.87. The predicted molar refractivity (Wildman–Crippen MR) is 78.4 cm³/mol. The highest BCUT2D eigenvalue weighted by Gasteiger charge is 2.27. The van der Waals surface area contributed by atoms with Crippen LogP contribution >= 0.6 is 21.6 Å². The lowest BCUT2D eigenvalue weighted by Gasteiger charge is -2.37. The third-order valence-corrected chi connectivity index (χ3v) is 5.75. The Morgan fingerprint density at radius 1 is 1.24 bits per heavy atom. The smallest absolute Gasteiger partial charge is 0.172 e. The molecule has 17 heavy (non-hydrogen) atoms. The van der Waals surface area contributed by atoms with Crippen molar-refractivity contribution in [1.29, 1.82) is 0 Å². The lowest BCUT2D eigenvalue weighted by Crippen LogP contribution is -2.49. The summed E-state index contributed by atoms with van der Waals surface area (Å²) >= 11 is 0. The minimum atomic E-state index is 0.290. The van der Waals surface area contributed by atoms with E-state index in [0.29, 0.717) is 6.04 Å². The molecular weight excluding hydrogens is 252 g/mol. The fourth-order valence-corrected chi connectivity index (χ4v) is 4.58. The van der Waals surface area contributed by atoms with Crippen LogP contribution in [-0.4, -0.2) is 71.7 Å². The number of piperazine rings is 1. The molecule has 4 nitrogen and oxygen atoms in total. The first-order chi connectivity index (χ1) is 8.08. The van der Waals surface area contributed by atoms with Crippen LogP contribution in [0.1, 0.15) is 13.8 Å². The van der Waals surface area contributed by atoms with Crippen molar-refractivity contribution in [2.75, 3.05) is 40.3 Å². The first kappa shape index (κ1) is 13.5. The number of hydrogen-bond acceptors (Lipinski definition) is 6. The Kier molecular flexibility index (Phi) is 4.63. The summed E-state index contributed by atoms with van der Waals surface area (Å²) in [5.74, 6) is 0. The molecule has 2 rings (SSSR count). The molecule has 0 aliphatic carbocycles. The summed E-state index contributed by atoms with van der Waals surface area (Å²) in [7, 11) is 7.84. The molecule has 1 fully saturated rings. The van der Waals surface area contributed by atoms with Crippen molar-refractivity contribution < 1.29 is 0 Å². The van der Waals surface area contributed by atoms with Gasteiger partial charge in [-0.05, 0) is 49.5 Å². The number of hydrogen-bond donors (Lipinski definition) is 0. The van der Waals surface area contributed by atoms with Crippen LogP contribution in [0.15, 0.2) is 4.99 Å². The van der Waals surface area contributed by atoms with Crippen molar-refractivity contribution in [3.8, 4) is 0 Å². The summed E-state index contributed by atoms with van der Waals surface area (Å²) in [6.07, 6.45) is 0. The molecule has 1 atom stereocenters. The maximum absolute atomic E-state index is 4.76. The average molecular weight is 274 g/mol. The number of rotatable bonds is 2. The van der Waals surface area contributed by atoms with Crippen molar-refractivity contribution in [2.24, 2.45) is 4.99 Å². The average Bonchev–Trinajstić information content (AvgIpc) is 2.78. The van der Waals surface area contributed by atoms with E-state index in [1.165, 1.54) is 5.17 Å². The van der Waals surface area contributed by atoms with Crippen molar-refractivity contribution in [3.05, 3.63) is 0 Å². The van der Waals surface area contributed by atoms with Crippen LogP contribution < -0.4 is 0 Å². The molecule has 0 saturated carbocycles. The number of nitrogens with zero attached hydrogens (tertiary/aromatic N) is 4. The molecule has 0 aromatic heterocycles. The van der Waals surface area contributed by atoms with Crippen LogP contribution in [0.3, 0.4) is 0 Å². The second-order valence-corrected chi connectivity index (χ2v) is 7.22. The summed E-state index contributed by atoms with van der Waals surface area (Å²) in [5, 5.41) is 1.22. The van der Waals surface area contributed by atoms with E-state index in [-0.39, 0.29) is 5.50 Å². The van der Waals surface area contributed by atoms with Crippen LogP contribution in [-0.2, 0) is 0 Å². The molecule has 2 aliphatic heterocycles. The van der Waals surface area contributed by atoms with Gasteiger partial charge in [-0.15, -0.1) is 0 Å². The second-order valence-electron chi connectivity index (χ2n) is 5.00. The summed E-state index contributed by atoms with van der Waals surface area (Å²) in [5.41, 5.74) is 0.290. The quantitative estimate of drug-likeness (QED) is 0.712. The van der Waals surface area contributed by atoms with Gasteiger partial charge in [0.05, 0.1) is 0 Å². The number of aliphatic imine (C=N–C) groups is 1. The van der Waals surface area contributed by atoms with E-state index in [2.05, 4.69) is 42.6 Å². The predicted octanol–water partition coefficient (Wildman–Crippen LogP) is 1.61. The second kappa shape index (κ2) is 5.82. The third kappa shape index (κ3) is 3.30. The summed E-state index contributed by atoms with van der Waals surface area (Å²) in [6.45, 7) is 9.10. The zero-order chi connectivity index (χ0) is 12.4. The Morgan fingerprint density at radius 3 is 2.35 bits per heavy atom. The van der Waals surface area contributed by atoms with Gasteiger partial charge in [-0.1, -0.05) is 0 Å². The van der Waals surface area contributed by atoms with E-state index in [9.17, 15) is 0 Å². The topological polar surface area (TPSA) is 22.1 Å². The molecule has 0 aromatic rings. The highest BCUT2D eigenvalue weighted by atomic mass is 33.1. The van der Waals surface area contributed by atoms with Gasteiger partial charge in [0.25, 0.3) is 0 Å². The van der Waals surface area contributed by atoms with Crippen LogP contribution in [0.4, 0.5) is 0 Å². The minimum absolute atomic E-state index is 0.290. The van der Waals surface area contributed by atoms with Crippen molar-refractivity contribution in [1.82, 2.24) is 14.7 Å². The minimum Gasteiger partial charge on any atom is -0.348 e. The summed E-state index contributed by atoms with van der Waals surface area (Å²) in [6, 6.07) is 0.666. The lowest BCUT2D eigenvalue weighted by molar-refractivity contribution is 0.150. The SMILES string of the molecule is CC(C)N1CCN(C2=NC(N(C)C)SS2)CC1. The van der Waals surface area contributed by atoms with E-state index in [1.54, 1.807) is 0 Å². The standard InChI is InChI=1S/C11H22N4S2/c1-9(2)14-5-7-15(8-6-14)11-12-10(13(3)4)16-17-11/h9-10H,5-8H2,1-4H3. The fraction of sp³-hybridized carbons (Fsp3) is 0.909. The van der Waals surface area contributed by atoms with Gasteiger partial charge in [-0.25, -0.2) is 4.99 Å². The molecule has 0 amide bonds. The van der Waals surface area contributed by atoms with Crippen LogP contribution in [0, 0.1) is 0 Å². The molecule has 2 aliphatic rings. The van der Waals surface area contributed by atoms with Gasteiger partial charge in [0.1, 0.15) is 0 Å². The van der Waals surface area contributed by atoms with Crippen LogP contribution in [0.25, 0.3) is 0 Å². The fourth-order valence-electron chi connectivity index (χ4n) is 1.99. The van der Waals surface area contributed by atoms with E-state index in [0.717, 1.165) is 26.2 Å². The Hall–Kier alpha value is 0.0900. The van der Waals surface area contributed by atoms with Crippen molar-refractivity contribution in [2.45, 2.75) is 25.4 Å². The molecule has 1 saturated heterocycles. The highest BCUT2D eigenvalue weighted by molar-refractivity contribution is 8.82. The van der Waals surface area contributed by atoms with Gasteiger partial charge in [-0.2, -0.15) is 0 Å². The lowest BCUT2D eigenvalue weighted by atomic mass is 10.2. The molecule has 0 spiro atoms. The van der Waals surface area contributed by atoms with E-state index >= 15 is 0 Å². The molecule has 0 bridgehead atoms. The van der Waals surface area contributed by atoms with E-state index in [1.807, 2.05) is 21.6 Å². The van der Waals surface area contributed by atoms with Gasteiger partial charge in [0.15, 0.2) is 10.7 Å². The third-order valence-electron chi connectivity index (χ3n) is 3.19. The Bertz CT molecular complexity index is 285. The molecule has 2 heterocycles. The zero-order valence-corrected chi connectivity index (χ0v) is 12.7. The molecule has 1 unspecified atom stereocenters.